The van der Waals surface area contributed by atoms with Crippen molar-refractivity contribution in [2.45, 2.75) is 12.3 Å². The van der Waals surface area contributed by atoms with Crippen molar-refractivity contribution in [1.82, 2.24) is 5.32 Å². The van der Waals surface area contributed by atoms with Crippen LogP contribution >= 0.6 is 0 Å². The smallest absolute Gasteiger partial charge is 0.407 e. The van der Waals surface area contributed by atoms with Crippen molar-refractivity contribution in [2.75, 3.05) is 27.4 Å². The summed E-state index contributed by atoms with van der Waals surface area (Å²) in [6, 6.07) is 19.4. The van der Waals surface area contributed by atoms with Gasteiger partial charge in [-0.3, -0.25) is 0 Å². The van der Waals surface area contributed by atoms with Crippen molar-refractivity contribution in [3.63, 3.8) is 0 Å². The number of fused-ring (bicyclic) bond motifs is 3. The molecule has 35 heavy (non-hydrogen) atoms. The van der Waals surface area contributed by atoms with Crippen LogP contribution in [0.25, 0.3) is 17.2 Å². The number of carboxylic acids is 1. The summed E-state index contributed by atoms with van der Waals surface area (Å²) in [5.41, 5.74) is 5.26. The molecule has 0 saturated heterocycles. The predicted molar refractivity (Wildman–Crippen MR) is 133 cm³/mol. The number of ether oxygens (including phenoxy) is 3. The van der Waals surface area contributed by atoms with Gasteiger partial charge >= 0.3 is 12.1 Å². The maximum Gasteiger partial charge on any atom is 0.407 e. The maximum atomic E-state index is 12.3. The SMILES string of the molecule is COc1cc(C=CCCNC(=O)OCC2c3ccccc3-c3ccccc32)c(C(=O)O)cc1OC. The van der Waals surface area contributed by atoms with E-state index in [1.165, 1.54) is 31.4 Å². The molecule has 0 saturated carbocycles. The molecule has 1 aliphatic rings. The normalized spacial score (nSPS) is 12.2. The number of nitrogens with one attached hydrogen (secondary N) is 1. The standard InChI is InChI=1S/C28H27NO6/c1-33-25-15-18(23(27(30)31)16-26(25)34-2)9-7-8-14-29-28(32)35-17-24-21-12-5-3-10-19(21)20-11-4-6-13-22(20)24/h3-7,9-13,15-16,24H,8,14,17H2,1-2H3,(H,29,32)(H,30,31). The second kappa shape index (κ2) is 10.8. The topological polar surface area (TPSA) is 94.1 Å². The van der Waals surface area contributed by atoms with E-state index in [0.717, 1.165) is 11.1 Å². The fourth-order valence-electron chi connectivity index (χ4n) is 4.34. The molecule has 7 nitrogen and oxygen atoms in total. The summed E-state index contributed by atoms with van der Waals surface area (Å²) in [6.07, 6.45) is 3.48. The van der Waals surface area contributed by atoms with Crippen LogP contribution in [0.2, 0.25) is 0 Å². The molecule has 180 valence electrons. The van der Waals surface area contributed by atoms with Gasteiger partial charge in [-0.2, -0.15) is 0 Å². The maximum absolute atomic E-state index is 12.3. The zero-order chi connectivity index (χ0) is 24.8. The van der Waals surface area contributed by atoms with Gasteiger partial charge in [-0.15, -0.1) is 0 Å². The Bertz CT molecular complexity index is 1220. The van der Waals surface area contributed by atoms with Crippen LogP contribution in [0.1, 0.15) is 39.4 Å². The molecular formula is C28H27NO6. The second-order valence-electron chi connectivity index (χ2n) is 8.04. The second-order valence-corrected chi connectivity index (χ2v) is 8.04. The van der Waals surface area contributed by atoms with Crippen molar-refractivity contribution in [1.29, 1.82) is 0 Å². The van der Waals surface area contributed by atoms with Gasteiger partial charge in [0.2, 0.25) is 0 Å². The van der Waals surface area contributed by atoms with E-state index in [4.69, 9.17) is 14.2 Å². The first-order chi connectivity index (χ1) is 17.0. The molecule has 0 unspecified atom stereocenters. The van der Waals surface area contributed by atoms with Crippen LogP contribution in [-0.4, -0.2) is 44.5 Å². The van der Waals surface area contributed by atoms with Crippen molar-refractivity contribution in [3.8, 4) is 22.6 Å². The molecule has 0 bridgehead atoms. The highest BCUT2D eigenvalue weighted by Gasteiger charge is 2.28. The van der Waals surface area contributed by atoms with Gasteiger partial charge in [0.25, 0.3) is 0 Å². The third-order valence-corrected chi connectivity index (χ3v) is 6.01. The summed E-state index contributed by atoms with van der Waals surface area (Å²) in [5, 5.41) is 12.2. The summed E-state index contributed by atoms with van der Waals surface area (Å²) in [7, 11) is 2.94. The number of alkyl carbamates (subject to hydrolysis) is 1. The molecule has 0 aliphatic heterocycles. The summed E-state index contributed by atoms with van der Waals surface area (Å²) in [5.74, 6) is -0.275. The Morgan fingerprint density at radius 3 is 2.14 bits per heavy atom. The first-order valence-corrected chi connectivity index (χ1v) is 11.3. The number of hydrogen-bond donors (Lipinski definition) is 2. The minimum absolute atomic E-state index is 0.00698. The molecule has 0 heterocycles. The highest BCUT2D eigenvalue weighted by atomic mass is 16.5. The lowest BCUT2D eigenvalue weighted by Gasteiger charge is -2.14. The van der Waals surface area contributed by atoms with E-state index >= 15 is 0 Å². The first kappa shape index (κ1) is 23.9. The molecule has 4 rings (SSSR count). The minimum atomic E-state index is -1.07. The van der Waals surface area contributed by atoms with Crippen molar-refractivity contribution in [2.24, 2.45) is 0 Å². The zero-order valence-corrected chi connectivity index (χ0v) is 19.6. The Morgan fingerprint density at radius 1 is 0.943 bits per heavy atom. The number of aromatic carboxylic acids is 1. The summed E-state index contributed by atoms with van der Waals surface area (Å²) in [4.78, 5) is 23.9. The number of carbonyl (C=O) groups excluding carboxylic acids is 1. The number of rotatable bonds is 9. The van der Waals surface area contributed by atoms with Gasteiger partial charge in [-0.1, -0.05) is 60.7 Å². The van der Waals surface area contributed by atoms with Crippen LogP contribution in [-0.2, 0) is 4.74 Å². The van der Waals surface area contributed by atoms with Gasteiger partial charge in [-0.05, 0) is 46.4 Å². The molecule has 0 aromatic heterocycles. The summed E-state index contributed by atoms with van der Waals surface area (Å²) < 4.78 is 16.0. The number of benzene rings is 3. The first-order valence-electron chi connectivity index (χ1n) is 11.3. The highest BCUT2D eigenvalue weighted by Crippen LogP contribution is 2.44. The van der Waals surface area contributed by atoms with Gasteiger partial charge in [0.1, 0.15) is 6.61 Å². The molecule has 1 aliphatic carbocycles. The monoisotopic (exact) mass is 473 g/mol. The van der Waals surface area contributed by atoms with E-state index in [-0.39, 0.29) is 18.1 Å². The third-order valence-electron chi connectivity index (χ3n) is 6.01. The molecule has 0 radical (unpaired) electrons. The van der Waals surface area contributed by atoms with Gasteiger partial charge < -0.3 is 24.6 Å². The summed E-state index contributed by atoms with van der Waals surface area (Å²) in [6.45, 7) is 0.603. The molecule has 0 fully saturated rings. The zero-order valence-electron chi connectivity index (χ0n) is 19.6. The molecule has 1 amide bonds. The van der Waals surface area contributed by atoms with Gasteiger partial charge in [-0.25, -0.2) is 9.59 Å². The lowest BCUT2D eigenvalue weighted by atomic mass is 9.98. The molecule has 3 aromatic carbocycles. The Labute approximate surface area is 204 Å². The van der Waals surface area contributed by atoms with E-state index in [1.807, 2.05) is 24.3 Å². The summed E-state index contributed by atoms with van der Waals surface area (Å²) >= 11 is 0. The number of methoxy groups -OCH3 is 2. The quantitative estimate of drug-likeness (QED) is 0.407. The van der Waals surface area contributed by atoms with E-state index in [0.29, 0.717) is 30.0 Å². The Kier molecular flexibility index (Phi) is 7.35. The molecule has 7 heteroatoms. The highest BCUT2D eigenvalue weighted by molar-refractivity contribution is 5.93. The largest absolute Gasteiger partial charge is 0.493 e. The van der Waals surface area contributed by atoms with Crippen molar-refractivity contribution >= 4 is 18.1 Å². The molecule has 3 aromatic rings. The minimum Gasteiger partial charge on any atom is -0.493 e. The van der Waals surface area contributed by atoms with Crippen molar-refractivity contribution in [3.05, 3.63) is 89.0 Å². The van der Waals surface area contributed by atoms with Crippen LogP contribution in [0.5, 0.6) is 11.5 Å². The van der Waals surface area contributed by atoms with Crippen molar-refractivity contribution < 1.29 is 28.9 Å². The molecule has 0 spiro atoms. The fourth-order valence-corrected chi connectivity index (χ4v) is 4.34. The number of carboxylic acid groups (broad SMARTS) is 1. The molecule has 0 atom stereocenters. The van der Waals surface area contributed by atoms with Crippen LogP contribution in [0.4, 0.5) is 4.79 Å². The van der Waals surface area contributed by atoms with Gasteiger partial charge in [0.05, 0.1) is 19.8 Å². The molecule has 2 N–H and O–H groups in total. The Balaban J connectivity index is 1.31. The third kappa shape index (κ3) is 5.14. The van der Waals surface area contributed by atoms with Crippen LogP contribution in [0.3, 0.4) is 0 Å². The number of hydrogen-bond acceptors (Lipinski definition) is 5. The lowest BCUT2D eigenvalue weighted by Crippen LogP contribution is -2.26. The van der Waals surface area contributed by atoms with Gasteiger partial charge in [0, 0.05) is 12.5 Å². The fraction of sp³-hybridized carbons (Fsp3) is 0.214. The Hall–Kier alpha value is -4.26. The van der Waals surface area contributed by atoms with E-state index in [2.05, 4.69) is 29.6 Å². The van der Waals surface area contributed by atoms with Crippen LogP contribution in [0.15, 0.2) is 66.7 Å². The van der Waals surface area contributed by atoms with Crippen LogP contribution in [0, 0.1) is 0 Å². The van der Waals surface area contributed by atoms with Gasteiger partial charge in [0.15, 0.2) is 11.5 Å². The average Bonchev–Trinajstić information content (AvgIpc) is 3.20. The number of carbonyl (C=O) groups is 2. The predicted octanol–water partition coefficient (Wildman–Crippen LogP) is 5.34. The molecular weight excluding hydrogens is 446 g/mol. The van der Waals surface area contributed by atoms with E-state index < -0.39 is 12.1 Å². The van der Waals surface area contributed by atoms with Crippen LogP contribution < -0.4 is 14.8 Å². The lowest BCUT2D eigenvalue weighted by molar-refractivity contribution is 0.0696. The number of amides is 1. The Morgan fingerprint density at radius 2 is 1.54 bits per heavy atom. The van der Waals surface area contributed by atoms with E-state index in [9.17, 15) is 14.7 Å². The van der Waals surface area contributed by atoms with E-state index in [1.54, 1.807) is 18.2 Å². The average molecular weight is 474 g/mol.